The number of alkyl halides is 1. The number of anilines is 1. The molecule has 5 atom stereocenters. The molecule has 28 heavy (non-hydrogen) atoms. The van der Waals surface area contributed by atoms with E-state index in [1.807, 2.05) is 6.07 Å². The highest BCUT2D eigenvalue weighted by Crippen LogP contribution is 2.36. The third kappa shape index (κ3) is 2.76. The molecule has 146 valence electrons. The molecule has 3 N–H and O–H groups in total. The Morgan fingerprint density at radius 2 is 2.04 bits per heavy atom. The molecule has 1 aliphatic heterocycles. The van der Waals surface area contributed by atoms with Crippen LogP contribution in [0.4, 0.5) is 5.82 Å². The normalized spacial score (nSPS) is 29.3. The Morgan fingerprint density at radius 3 is 2.86 bits per heavy atom. The van der Waals surface area contributed by atoms with Crippen LogP contribution in [0.3, 0.4) is 0 Å². The van der Waals surface area contributed by atoms with Gasteiger partial charge in [0.1, 0.15) is 24.6 Å². The Kier molecular flexibility index (Phi) is 4.43. The minimum atomic E-state index is -1.12. The Hall–Kier alpha value is -2.26. The number of imidazole rings is 1. The molecule has 9 heteroatoms. The summed E-state index contributed by atoms with van der Waals surface area (Å²) in [5.74, 6) is 0.719. The fourth-order valence-electron chi connectivity index (χ4n) is 4.10. The van der Waals surface area contributed by atoms with Crippen molar-refractivity contribution in [3.05, 3.63) is 48.0 Å². The molecule has 8 nitrogen and oxygen atoms in total. The number of aromatic nitrogens is 4. The molecule has 1 saturated heterocycles. The number of hydrogen-bond acceptors (Lipinski definition) is 7. The number of aliphatic hydroxyl groups excluding tert-OH is 2. The summed E-state index contributed by atoms with van der Waals surface area (Å²) < 4.78 is 7.33. The monoisotopic (exact) mass is 401 g/mol. The van der Waals surface area contributed by atoms with Gasteiger partial charge in [0.15, 0.2) is 23.2 Å². The van der Waals surface area contributed by atoms with Gasteiger partial charge in [-0.1, -0.05) is 24.3 Å². The van der Waals surface area contributed by atoms with E-state index < -0.39 is 24.5 Å². The molecular weight excluding hydrogens is 382 g/mol. The highest BCUT2D eigenvalue weighted by molar-refractivity contribution is 6.18. The van der Waals surface area contributed by atoms with Crippen LogP contribution in [0.15, 0.2) is 36.9 Å². The zero-order valence-electron chi connectivity index (χ0n) is 14.9. The van der Waals surface area contributed by atoms with E-state index in [0.29, 0.717) is 17.0 Å². The van der Waals surface area contributed by atoms with Crippen LogP contribution in [0.2, 0.25) is 0 Å². The molecule has 1 fully saturated rings. The SMILES string of the molecule is O[C@@H]1[C@H](O)[C@@H](CCl)O[C@H]1n1cnc2c(NC3CCc4ccccc43)ncnc21. The molecule has 0 radical (unpaired) electrons. The highest BCUT2D eigenvalue weighted by atomic mass is 35.5. The molecule has 3 heterocycles. The average molecular weight is 402 g/mol. The molecule has 1 unspecified atom stereocenters. The highest BCUT2D eigenvalue weighted by Gasteiger charge is 2.43. The van der Waals surface area contributed by atoms with Crippen LogP contribution in [0.25, 0.3) is 11.2 Å². The van der Waals surface area contributed by atoms with E-state index in [1.54, 1.807) is 10.9 Å². The van der Waals surface area contributed by atoms with Crippen molar-refractivity contribution in [2.24, 2.45) is 0 Å². The summed E-state index contributed by atoms with van der Waals surface area (Å²) in [6.07, 6.45) is 1.39. The van der Waals surface area contributed by atoms with E-state index in [9.17, 15) is 10.2 Å². The number of nitrogens with zero attached hydrogens (tertiary/aromatic N) is 4. The number of halogens is 1. The number of aliphatic hydroxyl groups is 2. The summed E-state index contributed by atoms with van der Waals surface area (Å²) >= 11 is 5.82. The first-order chi connectivity index (χ1) is 13.7. The van der Waals surface area contributed by atoms with Crippen LogP contribution in [-0.2, 0) is 11.2 Å². The number of aryl methyl sites for hydroxylation is 1. The van der Waals surface area contributed by atoms with Crippen LogP contribution >= 0.6 is 11.6 Å². The second-order valence-corrected chi connectivity index (χ2v) is 7.49. The number of ether oxygens (including phenoxy) is 1. The summed E-state index contributed by atoms with van der Waals surface area (Å²) in [4.78, 5) is 13.1. The van der Waals surface area contributed by atoms with Crippen molar-refractivity contribution in [3.8, 4) is 0 Å². The molecule has 5 rings (SSSR count). The maximum Gasteiger partial charge on any atom is 0.167 e. The number of nitrogens with one attached hydrogen (secondary N) is 1. The predicted molar refractivity (Wildman–Crippen MR) is 103 cm³/mol. The van der Waals surface area contributed by atoms with E-state index in [0.717, 1.165) is 12.8 Å². The van der Waals surface area contributed by atoms with E-state index in [1.165, 1.54) is 17.5 Å². The van der Waals surface area contributed by atoms with Gasteiger partial charge in [0.05, 0.1) is 18.2 Å². The zero-order chi connectivity index (χ0) is 19.3. The van der Waals surface area contributed by atoms with Crippen molar-refractivity contribution in [2.45, 2.75) is 43.4 Å². The molecule has 1 aromatic carbocycles. The standard InChI is InChI=1S/C19H20ClN5O3/c20-7-13-15(26)16(27)19(28-13)25-9-23-14-17(21-8-22-18(14)25)24-12-6-5-10-3-1-2-4-11(10)12/h1-4,8-9,12-13,15-16,19,26-27H,5-7H2,(H,21,22,24)/t12?,13-,15-,16-,19-/m1/s1. The van der Waals surface area contributed by atoms with Crippen LogP contribution < -0.4 is 5.32 Å². The van der Waals surface area contributed by atoms with Gasteiger partial charge in [-0.25, -0.2) is 15.0 Å². The maximum absolute atomic E-state index is 10.4. The number of hydrogen-bond donors (Lipinski definition) is 3. The lowest BCUT2D eigenvalue weighted by Crippen LogP contribution is -2.32. The van der Waals surface area contributed by atoms with Gasteiger partial charge in [-0.05, 0) is 24.0 Å². The summed E-state index contributed by atoms with van der Waals surface area (Å²) in [5.41, 5.74) is 3.73. The second-order valence-electron chi connectivity index (χ2n) is 7.18. The first-order valence-corrected chi connectivity index (χ1v) is 9.80. The number of fused-ring (bicyclic) bond motifs is 2. The Labute approximate surface area is 166 Å². The first kappa shape index (κ1) is 17.8. The fraction of sp³-hybridized carbons (Fsp3) is 0.421. The quantitative estimate of drug-likeness (QED) is 0.572. The zero-order valence-corrected chi connectivity index (χ0v) is 15.7. The Balaban J connectivity index is 1.47. The Bertz CT molecular complexity index is 1010. The van der Waals surface area contributed by atoms with Crippen molar-refractivity contribution in [1.82, 2.24) is 19.5 Å². The van der Waals surface area contributed by atoms with Crippen LogP contribution in [0.1, 0.15) is 29.8 Å². The molecule has 3 aromatic rings. The summed E-state index contributed by atoms with van der Waals surface area (Å²) in [7, 11) is 0. The molecule has 0 bridgehead atoms. The molecular formula is C19H20ClN5O3. The summed E-state index contributed by atoms with van der Waals surface area (Å²) in [5, 5.41) is 23.9. The van der Waals surface area contributed by atoms with Gasteiger partial charge in [-0.15, -0.1) is 11.6 Å². The van der Waals surface area contributed by atoms with Gasteiger partial charge in [0, 0.05) is 0 Å². The smallest absolute Gasteiger partial charge is 0.167 e. The van der Waals surface area contributed by atoms with Crippen molar-refractivity contribution >= 4 is 28.6 Å². The Morgan fingerprint density at radius 1 is 1.18 bits per heavy atom. The number of rotatable bonds is 4. The summed E-state index contributed by atoms with van der Waals surface area (Å²) in [6.45, 7) is 0. The molecule has 0 saturated carbocycles. The molecule has 1 aliphatic carbocycles. The third-order valence-electron chi connectivity index (χ3n) is 5.57. The lowest BCUT2D eigenvalue weighted by molar-refractivity contribution is -0.0291. The van der Waals surface area contributed by atoms with Gasteiger partial charge in [-0.2, -0.15) is 0 Å². The van der Waals surface area contributed by atoms with E-state index in [-0.39, 0.29) is 11.9 Å². The van der Waals surface area contributed by atoms with Crippen LogP contribution in [-0.4, -0.2) is 53.9 Å². The van der Waals surface area contributed by atoms with Crippen molar-refractivity contribution in [3.63, 3.8) is 0 Å². The van der Waals surface area contributed by atoms with Gasteiger partial charge >= 0.3 is 0 Å². The van der Waals surface area contributed by atoms with E-state index in [2.05, 4.69) is 38.5 Å². The maximum atomic E-state index is 10.4. The third-order valence-corrected chi connectivity index (χ3v) is 5.87. The van der Waals surface area contributed by atoms with Crippen molar-refractivity contribution in [1.29, 1.82) is 0 Å². The predicted octanol–water partition coefficient (Wildman–Crippen LogP) is 1.78. The molecule has 0 spiro atoms. The van der Waals surface area contributed by atoms with E-state index in [4.69, 9.17) is 16.3 Å². The largest absolute Gasteiger partial charge is 0.387 e. The van der Waals surface area contributed by atoms with E-state index >= 15 is 0 Å². The van der Waals surface area contributed by atoms with Gasteiger partial charge in [-0.3, -0.25) is 4.57 Å². The van der Waals surface area contributed by atoms with Gasteiger partial charge < -0.3 is 20.3 Å². The van der Waals surface area contributed by atoms with Crippen molar-refractivity contribution in [2.75, 3.05) is 11.2 Å². The summed E-state index contributed by atoms with van der Waals surface area (Å²) in [6, 6.07) is 8.55. The molecule has 2 aromatic heterocycles. The minimum Gasteiger partial charge on any atom is -0.387 e. The van der Waals surface area contributed by atoms with Crippen LogP contribution in [0, 0.1) is 0 Å². The topological polar surface area (TPSA) is 105 Å². The van der Waals surface area contributed by atoms with Crippen LogP contribution in [0.5, 0.6) is 0 Å². The minimum absolute atomic E-state index is 0.0875. The number of benzene rings is 1. The van der Waals surface area contributed by atoms with Gasteiger partial charge in [0.25, 0.3) is 0 Å². The lowest BCUT2D eigenvalue weighted by atomic mass is 10.1. The second kappa shape index (κ2) is 6.97. The average Bonchev–Trinajstić information content (AvgIpc) is 3.40. The fourth-order valence-corrected chi connectivity index (χ4v) is 4.36. The first-order valence-electron chi connectivity index (χ1n) is 9.27. The van der Waals surface area contributed by atoms with Crippen molar-refractivity contribution < 1.29 is 14.9 Å². The van der Waals surface area contributed by atoms with Gasteiger partial charge in [0.2, 0.25) is 0 Å². The molecule has 2 aliphatic rings. The lowest BCUT2D eigenvalue weighted by Gasteiger charge is -2.17. The molecule has 0 amide bonds.